The Kier molecular flexibility index (Phi) is 4.80. The van der Waals surface area contributed by atoms with Crippen LogP contribution in [0.3, 0.4) is 0 Å². The van der Waals surface area contributed by atoms with Gasteiger partial charge in [0.2, 0.25) is 5.91 Å². The third kappa shape index (κ3) is 3.62. The molecule has 3 rings (SSSR count). The summed E-state index contributed by atoms with van der Waals surface area (Å²) in [4.78, 5) is 14.8. The second kappa shape index (κ2) is 6.67. The highest BCUT2D eigenvalue weighted by molar-refractivity contribution is 7.91. The summed E-state index contributed by atoms with van der Waals surface area (Å²) in [6, 6.07) is 3.90. The Balaban J connectivity index is 1.82. The summed E-state index contributed by atoms with van der Waals surface area (Å²) in [5.41, 5.74) is 0. The molecule has 0 aliphatic carbocycles. The van der Waals surface area contributed by atoms with E-state index in [1.165, 1.54) is 0 Å². The molecule has 0 radical (unpaired) electrons. The van der Waals surface area contributed by atoms with Crippen molar-refractivity contribution in [3.8, 4) is 0 Å². The van der Waals surface area contributed by atoms with E-state index in [0.717, 1.165) is 43.6 Å². The summed E-state index contributed by atoms with van der Waals surface area (Å²) >= 11 is 0. The Morgan fingerprint density at radius 3 is 2.74 bits per heavy atom. The lowest BCUT2D eigenvalue weighted by atomic mass is 10.0. The summed E-state index contributed by atoms with van der Waals surface area (Å²) in [7, 11) is -3.04. The van der Waals surface area contributed by atoms with Crippen molar-refractivity contribution in [1.82, 2.24) is 4.90 Å². The van der Waals surface area contributed by atoms with Crippen molar-refractivity contribution in [3.05, 3.63) is 23.7 Å². The molecule has 0 N–H and O–H groups in total. The first-order chi connectivity index (χ1) is 11.0. The van der Waals surface area contributed by atoms with Crippen LogP contribution >= 0.6 is 0 Å². The Labute approximate surface area is 138 Å². The number of amides is 1. The van der Waals surface area contributed by atoms with E-state index >= 15 is 0 Å². The lowest BCUT2D eigenvalue weighted by molar-refractivity contribution is -0.137. The first-order valence-corrected chi connectivity index (χ1v) is 10.4. The molecule has 2 saturated heterocycles. The third-order valence-electron chi connectivity index (χ3n) is 4.98. The second-order valence-electron chi connectivity index (χ2n) is 6.65. The van der Waals surface area contributed by atoms with E-state index in [1.54, 1.807) is 0 Å². The van der Waals surface area contributed by atoms with Crippen LogP contribution < -0.4 is 0 Å². The van der Waals surface area contributed by atoms with Crippen LogP contribution in [0, 0.1) is 5.92 Å². The molecular weight excluding hydrogens is 314 g/mol. The van der Waals surface area contributed by atoms with Crippen molar-refractivity contribution in [3.63, 3.8) is 0 Å². The van der Waals surface area contributed by atoms with Crippen molar-refractivity contribution in [2.45, 2.75) is 51.5 Å². The fourth-order valence-electron chi connectivity index (χ4n) is 3.66. The quantitative estimate of drug-likeness (QED) is 0.849. The Morgan fingerprint density at radius 2 is 2.09 bits per heavy atom. The molecule has 0 spiro atoms. The lowest BCUT2D eigenvalue weighted by Crippen LogP contribution is -2.39. The molecule has 1 amide bonds. The van der Waals surface area contributed by atoms with Gasteiger partial charge in [-0.2, -0.15) is 0 Å². The summed E-state index contributed by atoms with van der Waals surface area (Å²) in [5.74, 6) is 1.54. The van der Waals surface area contributed by atoms with E-state index in [4.69, 9.17) is 4.42 Å². The van der Waals surface area contributed by atoms with Gasteiger partial charge in [-0.15, -0.1) is 0 Å². The molecule has 2 fully saturated rings. The molecule has 3 heterocycles. The number of aryl methyl sites for hydroxylation is 1. The van der Waals surface area contributed by atoms with Gasteiger partial charge in [-0.05, 0) is 31.4 Å². The van der Waals surface area contributed by atoms with E-state index in [-0.39, 0.29) is 29.4 Å². The number of carbonyl (C=O) groups excluding carboxylic acids is 1. The normalized spacial score (nSPS) is 27.8. The third-order valence-corrected chi connectivity index (χ3v) is 6.74. The number of hydrogen-bond donors (Lipinski definition) is 0. The number of hydrogen-bond acceptors (Lipinski definition) is 4. The van der Waals surface area contributed by atoms with Gasteiger partial charge in [0.05, 0.1) is 23.5 Å². The zero-order chi connectivity index (χ0) is 16.4. The molecule has 128 valence electrons. The van der Waals surface area contributed by atoms with Gasteiger partial charge in [0, 0.05) is 13.0 Å². The highest BCUT2D eigenvalue weighted by Gasteiger charge is 2.38. The van der Waals surface area contributed by atoms with Crippen LogP contribution in [0.15, 0.2) is 16.5 Å². The van der Waals surface area contributed by atoms with Gasteiger partial charge < -0.3 is 9.32 Å². The Hall–Kier alpha value is -1.30. The SMILES string of the molecule is CCc1ccc([C@@H]2CCCCCN2C(=O)[C@H]2CCS(=O)(=O)C2)o1. The summed E-state index contributed by atoms with van der Waals surface area (Å²) in [6.07, 6.45) is 5.33. The predicted molar refractivity (Wildman–Crippen MR) is 87.8 cm³/mol. The van der Waals surface area contributed by atoms with Gasteiger partial charge in [0.25, 0.3) is 0 Å². The molecule has 6 heteroatoms. The summed E-state index contributed by atoms with van der Waals surface area (Å²) in [5, 5.41) is 0. The van der Waals surface area contributed by atoms with Gasteiger partial charge in [-0.25, -0.2) is 8.42 Å². The molecule has 0 bridgehead atoms. The fourth-order valence-corrected chi connectivity index (χ4v) is 5.39. The standard InChI is InChI=1S/C17H25NO4S/c1-2-14-7-8-16(22-14)15-6-4-3-5-10-18(15)17(19)13-9-11-23(20,21)12-13/h7-8,13,15H,2-6,9-12H2,1H3/t13-,15-/m0/s1. The molecule has 5 nitrogen and oxygen atoms in total. The van der Waals surface area contributed by atoms with Crippen molar-refractivity contribution < 1.29 is 17.6 Å². The maximum absolute atomic E-state index is 12.9. The number of carbonyl (C=O) groups is 1. The van der Waals surface area contributed by atoms with Crippen molar-refractivity contribution in [2.24, 2.45) is 5.92 Å². The number of sulfone groups is 1. The van der Waals surface area contributed by atoms with Crippen molar-refractivity contribution in [2.75, 3.05) is 18.1 Å². The van der Waals surface area contributed by atoms with Crippen LogP contribution in [0.4, 0.5) is 0 Å². The number of furan rings is 1. The van der Waals surface area contributed by atoms with E-state index in [0.29, 0.717) is 13.0 Å². The zero-order valence-corrected chi connectivity index (χ0v) is 14.5. The number of rotatable bonds is 3. The molecule has 0 unspecified atom stereocenters. The topological polar surface area (TPSA) is 67.6 Å². The van der Waals surface area contributed by atoms with Crippen molar-refractivity contribution >= 4 is 15.7 Å². The maximum atomic E-state index is 12.9. The van der Waals surface area contributed by atoms with Crippen LogP contribution in [0.25, 0.3) is 0 Å². The predicted octanol–water partition coefficient (Wildman–Crippen LogP) is 2.72. The first kappa shape index (κ1) is 16.6. The summed E-state index contributed by atoms with van der Waals surface area (Å²) in [6.45, 7) is 2.74. The van der Waals surface area contributed by atoms with Crippen LogP contribution in [0.5, 0.6) is 0 Å². The van der Waals surface area contributed by atoms with Gasteiger partial charge in [0.15, 0.2) is 9.84 Å². The molecule has 23 heavy (non-hydrogen) atoms. The molecular formula is C17H25NO4S. The average molecular weight is 339 g/mol. The minimum Gasteiger partial charge on any atom is -0.464 e. The lowest BCUT2D eigenvalue weighted by Gasteiger charge is -2.30. The maximum Gasteiger partial charge on any atom is 0.227 e. The molecule has 2 aliphatic heterocycles. The minimum atomic E-state index is -3.04. The van der Waals surface area contributed by atoms with Crippen LogP contribution in [-0.2, 0) is 21.1 Å². The fraction of sp³-hybridized carbons (Fsp3) is 0.706. The molecule has 1 aromatic rings. The molecule has 0 saturated carbocycles. The van der Waals surface area contributed by atoms with Crippen LogP contribution in [0.1, 0.15) is 56.6 Å². The molecule has 0 aromatic carbocycles. The Bertz CT molecular complexity index is 664. The largest absolute Gasteiger partial charge is 0.464 e. The Morgan fingerprint density at radius 1 is 1.26 bits per heavy atom. The second-order valence-corrected chi connectivity index (χ2v) is 8.88. The van der Waals surface area contributed by atoms with E-state index in [9.17, 15) is 13.2 Å². The van der Waals surface area contributed by atoms with Crippen LogP contribution in [0.2, 0.25) is 0 Å². The van der Waals surface area contributed by atoms with Gasteiger partial charge in [0.1, 0.15) is 11.5 Å². The minimum absolute atomic E-state index is 0.00702. The zero-order valence-electron chi connectivity index (χ0n) is 13.7. The smallest absolute Gasteiger partial charge is 0.227 e. The number of likely N-dealkylation sites (tertiary alicyclic amines) is 1. The molecule has 2 atom stereocenters. The van der Waals surface area contributed by atoms with E-state index < -0.39 is 9.84 Å². The molecule has 2 aliphatic rings. The van der Waals surface area contributed by atoms with E-state index in [2.05, 4.69) is 0 Å². The highest BCUT2D eigenvalue weighted by Crippen LogP contribution is 2.34. The van der Waals surface area contributed by atoms with Gasteiger partial charge >= 0.3 is 0 Å². The van der Waals surface area contributed by atoms with Crippen LogP contribution in [-0.4, -0.2) is 37.3 Å². The first-order valence-electron chi connectivity index (χ1n) is 8.59. The molecule has 1 aromatic heterocycles. The summed E-state index contributed by atoms with van der Waals surface area (Å²) < 4.78 is 29.3. The van der Waals surface area contributed by atoms with Gasteiger partial charge in [-0.1, -0.05) is 19.8 Å². The van der Waals surface area contributed by atoms with Crippen molar-refractivity contribution in [1.29, 1.82) is 0 Å². The monoisotopic (exact) mass is 339 g/mol. The number of nitrogens with zero attached hydrogens (tertiary/aromatic N) is 1. The van der Waals surface area contributed by atoms with E-state index in [1.807, 2.05) is 24.0 Å². The highest BCUT2D eigenvalue weighted by atomic mass is 32.2. The van der Waals surface area contributed by atoms with Gasteiger partial charge in [-0.3, -0.25) is 4.79 Å². The average Bonchev–Trinajstić information content (AvgIpc) is 3.06.